The van der Waals surface area contributed by atoms with Gasteiger partial charge in [0, 0.05) is 6.04 Å². The van der Waals surface area contributed by atoms with Gasteiger partial charge in [0.2, 0.25) is 0 Å². The molecule has 0 bridgehead atoms. The van der Waals surface area contributed by atoms with Gasteiger partial charge in [0.25, 0.3) is 0 Å². The first-order chi connectivity index (χ1) is 8.66. The topological polar surface area (TPSA) is 40.5 Å². The molecule has 0 unspecified atom stereocenters. The van der Waals surface area contributed by atoms with E-state index in [1.807, 2.05) is 11.9 Å². The predicted octanol–water partition coefficient (Wildman–Crippen LogP) is 2.73. The van der Waals surface area contributed by atoms with E-state index in [1.54, 1.807) is 0 Å². The van der Waals surface area contributed by atoms with Crippen LogP contribution in [0.5, 0.6) is 0 Å². The fraction of sp³-hybridized carbons (Fsp3) is 0.533. The van der Waals surface area contributed by atoms with Crippen molar-refractivity contribution < 1.29 is 9.90 Å². The summed E-state index contributed by atoms with van der Waals surface area (Å²) in [7, 11) is 1.92. The average Bonchev–Trinajstić information content (AvgIpc) is 2.39. The smallest absolute Gasteiger partial charge is 0.317 e. The molecular formula is C15H21NO2. The fourth-order valence-electron chi connectivity index (χ4n) is 2.92. The third kappa shape index (κ3) is 3.33. The van der Waals surface area contributed by atoms with Crippen LogP contribution >= 0.6 is 0 Å². The Morgan fingerprint density at radius 2 is 1.83 bits per heavy atom. The summed E-state index contributed by atoms with van der Waals surface area (Å²) >= 11 is 0. The van der Waals surface area contributed by atoms with E-state index in [9.17, 15) is 4.79 Å². The van der Waals surface area contributed by atoms with Gasteiger partial charge >= 0.3 is 5.97 Å². The number of aliphatic carboxylic acids is 1. The highest BCUT2D eigenvalue weighted by atomic mass is 16.4. The van der Waals surface area contributed by atoms with E-state index in [1.165, 1.54) is 18.4 Å². The van der Waals surface area contributed by atoms with Crippen LogP contribution in [0.4, 0.5) is 0 Å². The van der Waals surface area contributed by atoms with Crippen LogP contribution in [0.25, 0.3) is 0 Å². The van der Waals surface area contributed by atoms with Crippen molar-refractivity contribution in [1.29, 1.82) is 0 Å². The third-order valence-electron chi connectivity index (χ3n) is 3.98. The first kappa shape index (κ1) is 13.1. The second-order valence-electron chi connectivity index (χ2n) is 5.22. The number of hydrogen-bond acceptors (Lipinski definition) is 2. The van der Waals surface area contributed by atoms with Gasteiger partial charge in [0.1, 0.15) is 0 Å². The minimum absolute atomic E-state index is 0.153. The molecule has 0 spiro atoms. The molecular weight excluding hydrogens is 226 g/mol. The van der Waals surface area contributed by atoms with Crippen LogP contribution in [0.2, 0.25) is 0 Å². The molecule has 2 rings (SSSR count). The van der Waals surface area contributed by atoms with E-state index < -0.39 is 5.97 Å². The molecule has 0 aromatic heterocycles. The van der Waals surface area contributed by atoms with Gasteiger partial charge in [-0.2, -0.15) is 0 Å². The Hall–Kier alpha value is -1.35. The SMILES string of the molecule is CN(CC(=O)O)C1CCC(c2ccccc2)CC1. The lowest BCUT2D eigenvalue weighted by atomic mass is 9.81. The zero-order valence-corrected chi connectivity index (χ0v) is 10.9. The van der Waals surface area contributed by atoms with Crippen molar-refractivity contribution in [1.82, 2.24) is 4.90 Å². The van der Waals surface area contributed by atoms with E-state index in [4.69, 9.17) is 5.11 Å². The van der Waals surface area contributed by atoms with Gasteiger partial charge in [-0.3, -0.25) is 9.69 Å². The van der Waals surface area contributed by atoms with Crippen molar-refractivity contribution in [3.05, 3.63) is 35.9 Å². The lowest BCUT2D eigenvalue weighted by Crippen LogP contribution is -2.38. The van der Waals surface area contributed by atoms with Crippen molar-refractivity contribution >= 4 is 5.97 Å². The molecule has 0 atom stereocenters. The molecule has 1 N–H and O–H groups in total. The number of carboxylic acids is 1. The first-order valence-corrected chi connectivity index (χ1v) is 6.64. The van der Waals surface area contributed by atoms with Gasteiger partial charge < -0.3 is 5.11 Å². The summed E-state index contributed by atoms with van der Waals surface area (Å²) in [6.07, 6.45) is 4.53. The van der Waals surface area contributed by atoms with Crippen molar-refractivity contribution in [3.63, 3.8) is 0 Å². The lowest BCUT2D eigenvalue weighted by Gasteiger charge is -2.34. The number of nitrogens with zero attached hydrogens (tertiary/aromatic N) is 1. The van der Waals surface area contributed by atoms with Crippen molar-refractivity contribution in [3.8, 4) is 0 Å². The summed E-state index contributed by atoms with van der Waals surface area (Å²) in [6.45, 7) is 0.153. The van der Waals surface area contributed by atoms with Gasteiger partial charge in [-0.15, -0.1) is 0 Å². The largest absolute Gasteiger partial charge is 0.480 e. The number of carbonyl (C=O) groups is 1. The number of likely N-dealkylation sites (N-methyl/N-ethyl adjacent to an activating group) is 1. The molecule has 0 heterocycles. The highest BCUT2D eigenvalue weighted by Crippen LogP contribution is 2.34. The zero-order valence-electron chi connectivity index (χ0n) is 10.9. The van der Waals surface area contributed by atoms with E-state index >= 15 is 0 Å². The van der Waals surface area contributed by atoms with Crippen molar-refractivity contribution in [2.24, 2.45) is 0 Å². The lowest BCUT2D eigenvalue weighted by molar-refractivity contribution is -0.138. The molecule has 3 heteroatoms. The van der Waals surface area contributed by atoms with Crippen LogP contribution in [-0.2, 0) is 4.79 Å². The Kier molecular flexibility index (Phi) is 4.37. The van der Waals surface area contributed by atoms with Crippen molar-refractivity contribution in [2.45, 2.75) is 37.6 Å². The monoisotopic (exact) mass is 247 g/mol. The molecule has 1 aromatic rings. The fourth-order valence-corrected chi connectivity index (χ4v) is 2.92. The minimum Gasteiger partial charge on any atom is -0.480 e. The second kappa shape index (κ2) is 6.01. The summed E-state index contributed by atoms with van der Waals surface area (Å²) in [5, 5.41) is 8.80. The molecule has 0 aliphatic heterocycles. The molecule has 18 heavy (non-hydrogen) atoms. The van der Waals surface area contributed by atoms with Crippen LogP contribution in [-0.4, -0.2) is 35.6 Å². The summed E-state index contributed by atoms with van der Waals surface area (Å²) in [6, 6.07) is 11.1. The zero-order chi connectivity index (χ0) is 13.0. The number of carboxylic acid groups (broad SMARTS) is 1. The quantitative estimate of drug-likeness (QED) is 0.889. The van der Waals surface area contributed by atoms with E-state index in [2.05, 4.69) is 30.3 Å². The summed E-state index contributed by atoms with van der Waals surface area (Å²) in [4.78, 5) is 12.7. The number of rotatable bonds is 4. The van der Waals surface area contributed by atoms with Crippen molar-refractivity contribution in [2.75, 3.05) is 13.6 Å². The molecule has 1 saturated carbocycles. The molecule has 0 amide bonds. The number of benzene rings is 1. The highest BCUT2D eigenvalue weighted by Gasteiger charge is 2.25. The van der Waals surface area contributed by atoms with Gasteiger partial charge in [-0.05, 0) is 44.2 Å². The molecule has 0 radical (unpaired) electrons. The second-order valence-corrected chi connectivity index (χ2v) is 5.22. The van der Waals surface area contributed by atoms with E-state index in [0.717, 1.165) is 12.8 Å². The standard InChI is InChI=1S/C15H21NO2/c1-16(11-15(17)18)14-9-7-13(8-10-14)12-5-3-2-4-6-12/h2-6,13-14H,7-11H2,1H3,(H,17,18). The van der Waals surface area contributed by atoms with E-state index in [0.29, 0.717) is 12.0 Å². The van der Waals surface area contributed by atoms with Gasteiger partial charge in [-0.25, -0.2) is 0 Å². The maximum absolute atomic E-state index is 10.7. The Labute approximate surface area is 108 Å². The molecule has 1 aliphatic carbocycles. The summed E-state index contributed by atoms with van der Waals surface area (Å²) in [5.41, 5.74) is 1.43. The molecule has 1 fully saturated rings. The Morgan fingerprint density at radius 3 is 2.39 bits per heavy atom. The van der Waals surface area contributed by atoms with Gasteiger partial charge in [0.05, 0.1) is 6.54 Å². The Morgan fingerprint density at radius 1 is 1.22 bits per heavy atom. The maximum atomic E-state index is 10.7. The van der Waals surface area contributed by atoms with Gasteiger partial charge in [-0.1, -0.05) is 30.3 Å². The van der Waals surface area contributed by atoms with E-state index in [-0.39, 0.29) is 6.54 Å². The third-order valence-corrected chi connectivity index (χ3v) is 3.98. The molecule has 1 aromatic carbocycles. The number of hydrogen-bond donors (Lipinski definition) is 1. The maximum Gasteiger partial charge on any atom is 0.317 e. The van der Waals surface area contributed by atoms with Crippen LogP contribution in [0.1, 0.15) is 37.2 Å². The average molecular weight is 247 g/mol. The van der Waals surface area contributed by atoms with Crippen LogP contribution in [0.15, 0.2) is 30.3 Å². The summed E-state index contributed by atoms with van der Waals surface area (Å²) in [5.74, 6) is -0.0802. The molecule has 98 valence electrons. The predicted molar refractivity (Wildman–Crippen MR) is 71.7 cm³/mol. The normalized spacial score (nSPS) is 24.1. The highest BCUT2D eigenvalue weighted by molar-refractivity contribution is 5.69. The molecule has 0 saturated heterocycles. The van der Waals surface area contributed by atoms with Crippen LogP contribution < -0.4 is 0 Å². The molecule has 1 aliphatic rings. The Bertz CT molecular complexity index is 383. The summed E-state index contributed by atoms with van der Waals surface area (Å²) < 4.78 is 0. The minimum atomic E-state index is -0.734. The van der Waals surface area contributed by atoms with Gasteiger partial charge in [0.15, 0.2) is 0 Å². The molecule has 3 nitrogen and oxygen atoms in total. The van der Waals surface area contributed by atoms with Crippen LogP contribution in [0.3, 0.4) is 0 Å². The Balaban J connectivity index is 1.86. The first-order valence-electron chi connectivity index (χ1n) is 6.64. The van der Waals surface area contributed by atoms with Crippen LogP contribution in [0, 0.1) is 0 Å².